The summed E-state index contributed by atoms with van der Waals surface area (Å²) in [5.41, 5.74) is 0. The Hall–Kier alpha value is -1.63. The minimum Gasteiger partial charge on any atom is -0.354 e. The van der Waals surface area contributed by atoms with E-state index in [4.69, 9.17) is 11.6 Å². The number of sulfonamides is 1. The van der Waals surface area contributed by atoms with Crippen LogP contribution in [0.1, 0.15) is 0 Å². The molecule has 1 aromatic heterocycles. The van der Waals surface area contributed by atoms with E-state index in [9.17, 15) is 8.42 Å². The number of rotatable bonds is 3. The van der Waals surface area contributed by atoms with Crippen LogP contribution in [0.25, 0.3) is 0 Å². The van der Waals surface area contributed by atoms with Crippen LogP contribution in [0.5, 0.6) is 0 Å². The summed E-state index contributed by atoms with van der Waals surface area (Å²) in [7, 11) is -3.54. The Balaban J connectivity index is 1.75. The number of piperazine rings is 1. The first kappa shape index (κ1) is 15.3. The summed E-state index contributed by atoms with van der Waals surface area (Å²) in [6, 6.07) is 12.3. The van der Waals surface area contributed by atoms with Gasteiger partial charge >= 0.3 is 0 Å². The van der Waals surface area contributed by atoms with Gasteiger partial charge in [0.1, 0.15) is 10.7 Å². The largest absolute Gasteiger partial charge is 0.354 e. The van der Waals surface area contributed by atoms with Gasteiger partial charge in [-0.15, -0.1) is 0 Å². The standard InChI is InChI=1S/C15H16ClN3O2S/c16-13-5-1-2-6-14(13)22(20,21)19-11-9-18(10-12-19)15-7-3-4-8-17-15/h1-8H,9-12H2. The number of hydrogen-bond acceptors (Lipinski definition) is 4. The molecule has 2 heterocycles. The number of benzene rings is 1. The summed E-state index contributed by atoms with van der Waals surface area (Å²) in [4.78, 5) is 6.55. The number of pyridine rings is 1. The summed E-state index contributed by atoms with van der Waals surface area (Å²) in [6.45, 7) is 2.07. The molecule has 116 valence electrons. The molecule has 1 aromatic carbocycles. The van der Waals surface area contributed by atoms with Crippen molar-refractivity contribution in [3.63, 3.8) is 0 Å². The number of nitrogens with zero attached hydrogens (tertiary/aromatic N) is 3. The summed E-state index contributed by atoms with van der Waals surface area (Å²) in [5.74, 6) is 0.872. The third kappa shape index (κ3) is 2.95. The second-order valence-corrected chi connectivity index (χ2v) is 7.32. The first-order valence-electron chi connectivity index (χ1n) is 7.00. The van der Waals surface area contributed by atoms with Crippen LogP contribution in [0.4, 0.5) is 5.82 Å². The molecule has 0 bridgehead atoms. The van der Waals surface area contributed by atoms with E-state index in [0.717, 1.165) is 5.82 Å². The van der Waals surface area contributed by atoms with Gasteiger partial charge in [-0.3, -0.25) is 0 Å². The van der Waals surface area contributed by atoms with Gasteiger partial charge in [0.2, 0.25) is 10.0 Å². The van der Waals surface area contributed by atoms with Gasteiger partial charge in [-0.25, -0.2) is 13.4 Å². The van der Waals surface area contributed by atoms with Gasteiger partial charge < -0.3 is 4.90 Å². The zero-order valence-electron chi connectivity index (χ0n) is 11.9. The van der Waals surface area contributed by atoms with Gasteiger partial charge in [-0.05, 0) is 24.3 Å². The van der Waals surface area contributed by atoms with Crippen LogP contribution in [0.15, 0.2) is 53.6 Å². The highest BCUT2D eigenvalue weighted by Crippen LogP contribution is 2.25. The highest BCUT2D eigenvalue weighted by molar-refractivity contribution is 7.89. The zero-order chi connectivity index (χ0) is 15.6. The topological polar surface area (TPSA) is 53.5 Å². The van der Waals surface area contributed by atoms with Gasteiger partial charge in [0.05, 0.1) is 5.02 Å². The molecule has 1 aliphatic heterocycles. The van der Waals surface area contributed by atoms with Gasteiger partial charge in [0.25, 0.3) is 0 Å². The van der Waals surface area contributed by atoms with Crippen LogP contribution in [0.2, 0.25) is 5.02 Å². The number of aromatic nitrogens is 1. The number of anilines is 1. The summed E-state index contributed by atoms with van der Waals surface area (Å²) >= 11 is 6.03. The normalized spacial score (nSPS) is 16.7. The molecule has 0 N–H and O–H groups in total. The lowest BCUT2D eigenvalue weighted by Crippen LogP contribution is -2.48. The molecule has 7 heteroatoms. The molecule has 0 aliphatic carbocycles. The van der Waals surface area contributed by atoms with E-state index >= 15 is 0 Å². The average molecular weight is 338 g/mol. The molecule has 0 saturated carbocycles. The highest BCUT2D eigenvalue weighted by atomic mass is 35.5. The minimum absolute atomic E-state index is 0.169. The summed E-state index contributed by atoms with van der Waals surface area (Å²) in [5, 5.41) is 0.259. The fourth-order valence-electron chi connectivity index (χ4n) is 2.49. The van der Waals surface area contributed by atoms with Crippen molar-refractivity contribution in [3.8, 4) is 0 Å². The molecule has 0 amide bonds. The maximum Gasteiger partial charge on any atom is 0.244 e. The van der Waals surface area contributed by atoms with Gasteiger partial charge in [0.15, 0.2) is 0 Å². The van der Waals surface area contributed by atoms with Crippen LogP contribution in [0.3, 0.4) is 0 Å². The van der Waals surface area contributed by atoms with E-state index in [2.05, 4.69) is 9.88 Å². The smallest absolute Gasteiger partial charge is 0.244 e. The van der Waals surface area contributed by atoms with E-state index in [0.29, 0.717) is 26.2 Å². The first-order chi connectivity index (χ1) is 10.6. The molecule has 1 saturated heterocycles. The maximum atomic E-state index is 12.7. The molecular weight excluding hydrogens is 322 g/mol. The van der Waals surface area contributed by atoms with Crippen molar-refractivity contribution in [2.24, 2.45) is 0 Å². The Bertz CT molecular complexity index is 744. The lowest BCUT2D eigenvalue weighted by molar-refractivity contribution is 0.384. The predicted molar refractivity (Wildman–Crippen MR) is 86.7 cm³/mol. The fraction of sp³-hybridized carbons (Fsp3) is 0.267. The van der Waals surface area contributed by atoms with Crippen LogP contribution in [0, 0.1) is 0 Å². The molecule has 1 aliphatic rings. The van der Waals surface area contributed by atoms with Crippen molar-refractivity contribution in [1.29, 1.82) is 0 Å². The Kier molecular flexibility index (Phi) is 4.33. The fourth-order valence-corrected chi connectivity index (χ4v) is 4.41. The summed E-state index contributed by atoms with van der Waals surface area (Å²) in [6.07, 6.45) is 1.74. The van der Waals surface area contributed by atoms with Crippen LogP contribution < -0.4 is 4.90 Å². The molecule has 0 unspecified atom stereocenters. The molecule has 22 heavy (non-hydrogen) atoms. The third-order valence-electron chi connectivity index (χ3n) is 3.67. The molecule has 0 radical (unpaired) electrons. The van der Waals surface area contributed by atoms with E-state index in [-0.39, 0.29) is 9.92 Å². The monoisotopic (exact) mass is 337 g/mol. The zero-order valence-corrected chi connectivity index (χ0v) is 13.5. The summed E-state index contributed by atoms with van der Waals surface area (Å²) < 4.78 is 26.8. The first-order valence-corrected chi connectivity index (χ1v) is 8.81. The van der Waals surface area contributed by atoms with Gasteiger partial charge in [0, 0.05) is 32.4 Å². The van der Waals surface area contributed by atoms with Crippen molar-refractivity contribution in [2.75, 3.05) is 31.1 Å². The molecular formula is C15H16ClN3O2S. The van der Waals surface area contributed by atoms with Crippen molar-refractivity contribution in [1.82, 2.24) is 9.29 Å². The van der Waals surface area contributed by atoms with E-state index in [1.54, 1.807) is 30.5 Å². The molecule has 1 fully saturated rings. The van der Waals surface area contributed by atoms with E-state index in [1.165, 1.54) is 4.31 Å². The maximum absolute atomic E-state index is 12.7. The van der Waals surface area contributed by atoms with Gasteiger partial charge in [-0.1, -0.05) is 29.8 Å². The van der Waals surface area contributed by atoms with Crippen LogP contribution >= 0.6 is 11.6 Å². The van der Waals surface area contributed by atoms with E-state index in [1.807, 2.05) is 18.2 Å². The quantitative estimate of drug-likeness (QED) is 0.862. The Morgan fingerprint density at radius 2 is 1.64 bits per heavy atom. The van der Waals surface area contributed by atoms with Gasteiger partial charge in [-0.2, -0.15) is 4.31 Å². The lowest BCUT2D eigenvalue weighted by Gasteiger charge is -2.34. The second-order valence-electron chi connectivity index (χ2n) is 5.01. The van der Waals surface area contributed by atoms with Crippen molar-refractivity contribution >= 4 is 27.4 Å². The number of hydrogen-bond donors (Lipinski definition) is 0. The average Bonchev–Trinajstić information content (AvgIpc) is 2.56. The third-order valence-corrected chi connectivity index (χ3v) is 6.06. The molecule has 2 aromatic rings. The lowest BCUT2D eigenvalue weighted by atomic mass is 10.3. The van der Waals surface area contributed by atoms with Crippen LogP contribution in [-0.2, 0) is 10.0 Å². The Morgan fingerprint density at radius 1 is 0.955 bits per heavy atom. The Labute approximate surface area is 135 Å². The predicted octanol–water partition coefficient (Wildman–Crippen LogP) is 2.25. The van der Waals surface area contributed by atoms with Crippen molar-refractivity contribution in [2.45, 2.75) is 4.90 Å². The molecule has 0 atom stereocenters. The van der Waals surface area contributed by atoms with E-state index < -0.39 is 10.0 Å². The second kappa shape index (κ2) is 6.24. The molecule has 5 nitrogen and oxygen atoms in total. The van der Waals surface area contributed by atoms with Crippen molar-refractivity contribution < 1.29 is 8.42 Å². The molecule has 0 spiro atoms. The number of halogens is 1. The Morgan fingerprint density at radius 3 is 2.27 bits per heavy atom. The highest BCUT2D eigenvalue weighted by Gasteiger charge is 2.30. The van der Waals surface area contributed by atoms with Crippen LogP contribution in [-0.4, -0.2) is 43.9 Å². The van der Waals surface area contributed by atoms with Crippen molar-refractivity contribution in [3.05, 3.63) is 53.7 Å². The SMILES string of the molecule is O=S(=O)(c1ccccc1Cl)N1CCN(c2ccccn2)CC1. The minimum atomic E-state index is -3.54. The molecule has 3 rings (SSSR count).